The van der Waals surface area contributed by atoms with E-state index in [1.807, 2.05) is 0 Å². The molecule has 0 aliphatic carbocycles. The van der Waals surface area contributed by atoms with Gasteiger partial charge in [0.2, 0.25) is 0 Å². The van der Waals surface area contributed by atoms with E-state index in [9.17, 15) is 18.4 Å². The number of carbonyl (C=O) groups is 2. The average molecular weight is 428 g/mol. The topological polar surface area (TPSA) is 69.6 Å². The Labute approximate surface area is 177 Å². The van der Waals surface area contributed by atoms with E-state index in [0.717, 1.165) is 6.07 Å². The quantitative estimate of drug-likeness (QED) is 0.630. The summed E-state index contributed by atoms with van der Waals surface area (Å²) in [6.07, 6.45) is 2.94. The number of nitrogens with zero attached hydrogens (tertiary/aromatic N) is 1. The Kier molecular flexibility index (Phi) is 5.99. The van der Waals surface area contributed by atoms with Crippen LogP contribution in [0.1, 0.15) is 39.1 Å². The zero-order valence-electron chi connectivity index (χ0n) is 17.0. The normalized spacial score (nSPS) is 14.5. The van der Waals surface area contributed by atoms with Crippen LogP contribution in [0.3, 0.4) is 0 Å². The lowest BCUT2D eigenvalue weighted by Crippen LogP contribution is -2.38. The smallest absolute Gasteiger partial charge is 0.337 e. The van der Waals surface area contributed by atoms with Gasteiger partial charge in [-0.25, -0.2) is 13.6 Å². The number of methoxy groups -OCH3 is 1. The fraction of sp³-hybridized carbons (Fsp3) is 0.304. The van der Waals surface area contributed by atoms with E-state index in [2.05, 4.69) is 10.1 Å². The molecular weight excluding hydrogens is 406 g/mol. The lowest BCUT2D eigenvalue weighted by atomic mass is 10.1. The Balaban J connectivity index is 1.67. The van der Waals surface area contributed by atoms with Crippen LogP contribution in [0.5, 0.6) is 0 Å². The number of benzene rings is 2. The van der Waals surface area contributed by atoms with Crippen LogP contribution in [-0.4, -0.2) is 42.8 Å². The van der Waals surface area contributed by atoms with Gasteiger partial charge in [0.25, 0.3) is 5.91 Å². The fourth-order valence-electron chi connectivity index (χ4n) is 3.82. The van der Waals surface area contributed by atoms with Crippen molar-refractivity contribution in [3.63, 3.8) is 0 Å². The number of hydrogen-bond donors (Lipinski definition) is 1. The van der Waals surface area contributed by atoms with Crippen LogP contribution in [-0.2, 0) is 16.0 Å². The predicted octanol–water partition coefficient (Wildman–Crippen LogP) is 3.66. The van der Waals surface area contributed by atoms with E-state index in [1.54, 1.807) is 16.7 Å². The van der Waals surface area contributed by atoms with E-state index in [4.69, 9.17) is 4.74 Å². The molecule has 1 aromatic heterocycles. The van der Waals surface area contributed by atoms with Gasteiger partial charge in [-0.15, -0.1) is 0 Å². The third kappa shape index (κ3) is 4.29. The molecule has 0 radical (unpaired) electrons. The highest BCUT2D eigenvalue weighted by Crippen LogP contribution is 2.26. The maximum atomic E-state index is 14.7. The summed E-state index contributed by atoms with van der Waals surface area (Å²) in [5, 5.41) is 3.14. The number of amides is 1. The molecule has 1 amide bonds. The summed E-state index contributed by atoms with van der Waals surface area (Å²) in [7, 11) is 1.22. The molecule has 0 atom stereocenters. The van der Waals surface area contributed by atoms with Crippen LogP contribution in [0.4, 0.5) is 8.78 Å². The van der Waals surface area contributed by atoms with Crippen molar-refractivity contribution in [1.29, 1.82) is 0 Å². The van der Waals surface area contributed by atoms with Gasteiger partial charge in [-0.1, -0.05) is 12.1 Å². The van der Waals surface area contributed by atoms with Crippen LogP contribution in [0.2, 0.25) is 0 Å². The molecular formula is C23H22F2N2O4. The zero-order valence-corrected chi connectivity index (χ0v) is 17.0. The highest BCUT2D eigenvalue weighted by molar-refractivity contribution is 6.07. The number of ether oxygens (including phenoxy) is 2. The Hall–Kier alpha value is -3.26. The summed E-state index contributed by atoms with van der Waals surface area (Å²) in [4.78, 5) is 24.5. The summed E-state index contributed by atoms with van der Waals surface area (Å²) >= 11 is 0. The molecule has 1 aliphatic heterocycles. The van der Waals surface area contributed by atoms with Gasteiger partial charge in [-0.05, 0) is 37.1 Å². The van der Waals surface area contributed by atoms with Gasteiger partial charge in [-0.3, -0.25) is 4.79 Å². The number of halogens is 2. The molecule has 3 aromatic rings. The third-order valence-electron chi connectivity index (χ3n) is 5.47. The van der Waals surface area contributed by atoms with Gasteiger partial charge in [0.15, 0.2) is 0 Å². The van der Waals surface area contributed by atoms with Gasteiger partial charge in [0, 0.05) is 36.4 Å². The van der Waals surface area contributed by atoms with Gasteiger partial charge < -0.3 is 19.4 Å². The maximum absolute atomic E-state index is 14.7. The number of nitrogens with one attached hydrogen (secondary N) is 1. The lowest BCUT2D eigenvalue weighted by molar-refractivity contribution is 0.0599. The average Bonchev–Trinajstić information content (AvgIpc) is 3.15. The van der Waals surface area contributed by atoms with Crippen LogP contribution in [0.25, 0.3) is 10.9 Å². The van der Waals surface area contributed by atoms with Crippen molar-refractivity contribution >= 4 is 22.8 Å². The van der Waals surface area contributed by atoms with Crippen molar-refractivity contribution in [3.8, 4) is 0 Å². The summed E-state index contributed by atoms with van der Waals surface area (Å²) < 4.78 is 40.8. The first kappa shape index (κ1) is 21.0. The highest BCUT2D eigenvalue weighted by Gasteiger charge is 2.22. The monoisotopic (exact) mass is 428 g/mol. The third-order valence-corrected chi connectivity index (χ3v) is 5.47. The number of aromatic nitrogens is 1. The second-order valence-corrected chi connectivity index (χ2v) is 7.46. The van der Waals surface area contributed by atoms with Crippen molar-refractivity contribution in [2.24, 2.45) is 0 Å². The van der Waals surface area contributed by atoms with Gasteiger partial charge in [-0.2, -0.15) is 0 Å². The van der Waals surface area contributed by atoms with Crippen molar-refractivity contribution in [1.82, 2.24) is 9.88 Å². The van der Waals surface area contributed by atoms with Crippen LogP contribution in [0, 0.1) is 11.6 Å². The van der Waals surface area contributed by atoms with E-state index < -0.39 is 17.6 Å². The maximum Gasteiger partial charge on any atom is 0.337 e. The van der Waals surface area contributed by atoms with E-state index >= 15 is 0 Å². The van der Waals surface area contributed by atoms with E-state index in [-0.39, 0.29) is 35.0 Å². The molecule has 2 heterocycles. The number of hydrogen-bond acceptors (Lipinski definition) is 4. The summed E-state index contributed by atoms with van der Waals surface area (Å²) in [5.41, 5.74) is 1.08. The first-order chi connectivity index (χ1) is 15.0. The predicted molar refractivity (Wildman–Crippen MR) is 110 cm³/mol. The molecule has 2 aromatic carbocycles. The molecule has 0 unspecified atom stereocenters. The molecule has 4 rings (SSSR count). The van der Waals surface area contributed by atoms with E-state index in [1.165, 1.54) is 31.5 Å². The zero-order chi connectivity index (χ0) is 22.0. The molecule has 31 heavy (non-hydrogen) atoms. The van der Waals surface area contributed by atoms with Crippen molar-refractivity contribution in [2.75, 3.05) is 20.3 Å². The molecule has 1 fully saturated rings. The molecule has 1 aliphatic rings. The van der Waals surface area contributed by atoms with Crippen LogP contribution < -0.4 is 5.32 Å². The number of carbonyl (C=O) groups excluding carboxylic acids is 2. The molecule has 0 saturated carbocycles. The minimum Gasteiger partial charge on any atom is -0.465 e. The summed E-state index contributed by atoms with van der Waals surface area (Å²) in [6, 6.07) is 8.55. The Morgan fingerprint density at radius 1 is 1.16 bits per heavy atom. The first-order valence-corrected chi connectivity index (χ1v) is 10.0. The molecule has 0 spiro atoms. The molecule has 6 nitrogen and oxygen atoms in total. The fourth-order valence-corrected chi connectivity index (χ4v) is 3.82. The Bertz CT molecular complexity index is 1140. The summed E-state index contributed by atoms with van der Waals surface area (Å²) in [6.45, 7) is 1.21. The van der Waals surface area contributed by atoms with Gasteiger partial charge in [0.1, 0.15) is 11.6 Å². The van der Waals surface area contributed by atoms with E-state index in [0.29, 0.717) is 37.1 Å². The molecule has 162 valence electrons. The minimum atomic E-state index is -0.633. The molecule has 1 saturated heterocycles. The molecule has 8 heteroatoms. The Morgan fingerprint density at radius 2 is 1.94 bits per heavy atom. The first-order valence-electron chi connectivity index (χ1n) is 10.0. The SMILES string of the molecule is COC(=O)c1ccc(Cn2cc(C(=O)NC3CCOCC3)c3c(F)cccc32)c(F)c1. The minimum absolute atomic E-state index is 0.0327. The van der Waals surface area contributed by atoms with Crippen LogP contribution in [0.15, 0.2) is 42.6 Å². The van der Waals surface area contributed by atoms with Crippen molar-refractivity contribution in [3.05, 3.63) is 70.9 Å². The summed E-state index contributed by atoms with van der Waals surface area (Å²) in [5.74, 6) is -2.11. The molecule has 0 bridgehead atoms. The number of esters is 1. The molecule has 1 N–H and O–H groups in total. The van der Waals surface area contributed by atoms with Crippen LogP contribution >= 0.6 is 0 Å². The van der Waals surface area contributed by atoms with Gasteiger partial charge >= 0.3 is 5.97 Å². The second kappa shape index (κ2) is 8.85. The number of rotatable bonds is 5. The second-order valence-electron chi connectivity index (χ2n) is 7.46. The number of fused-ring (bicyclic) bond motifs is 1. The van der Waals surface area contributed by atoms with Crippen molar-refractivity contribution in [2.45, 2.75) is 25.4 Å². The van der Waals surface area contributed by atoms with Crippen molar-refractivity contribution < 1.29 is 27.8 Å². The lowest BCUT2D eigenvalue weighted by Gasteiger charge is -2.22. The highest BCUT2D eigenvalue weighted by atomic mass is 19.1. The standard InChI is InChI=1S/C23H22F2N2O4/c1-30-23(29)14-5-6-15(19(25)11-14)12-27-13-17(21-18(24)3-2-4-20(21)27)22(28)26-16-7-9-31-10-8-16/h2-6,11,13,16H,7-10,12H2,1H3,(H,26,28). The van der Waals surface area contributed by atoms with Gasteiger partial charge in [0.05, 0.1) is 30.3 Å². The largest absolute Gasteiger partial charge is 0.465 e. The Morgan fingerprint density at radius 3 is 2.65 bits per heavy atom.